The lowest BCUT2D eigenvalue weighted by Crippen LogP contribution is -2.23. The van der Waals surface area contributed by atoms with E-state index in [0.717, 1.165) is 23.6 Å². The monoisotopic (exact) mass is 410 g/mol. The molecule has 0 radical (unpaired) electrons. The molecular weight excluding hydrogens is 397 g/mol. The van der Waals surface area contributed by atoms with Crippen molar-refractivity contribution in [3.8, 4) is 17.2 Å². The lowest BCUT2D eigenvalue weighted by molar-refractivity contribution is -0.144. The van der Waals surface area contributed by atoms with Crippen molar-refractivity contribution < 1.29 is 32.5 Å². The van der Waals surface area contributed by atoms with E-state index >= 15 is 0 Å². The van der Waals surface area contributed by atoms with E-state index in [9.17, 15) is 18.0 Å². The standard InChI is InChI=1S/C20H14ClF3O4/c1-11(19(25)26)27-17-8-6-12-4-2-3-5-14(12)18(17)28-16-9-7-13(10-15(16)21)20(22,23)24/h2-11H,1H3,(H,25,26). The molecule has 3 aromatic rings. The van der Waals surface area contributed by atoms with Crippen molar-refractivity contribution in [2.45, 2.75) is 19.2 Å². The number of hydrogen-bond acceptors (Lipinski definition) is 3. The predicted octanol–water partition coefficient (Wildman–Crippen LogP) is 6.16. The zero-order valence-corrected chi connectivity index (χ0v) is 15.2. The van der Waals surface area contributed by atoms with Crippen LogP contribution >= 0.6 is 11.6 Å². The van der Waals surface area contributed by atoms with Gasteiger partial charge in [0.2, 0.25) is 0 Å². The smallest absolute Gasteiger partial charge is 0.416 e. The van der Waals surface area contributed by atoms with Gasteiger partial charge in [-0.2, -0.15) is 13.2 Å². The van der Waals surface area contributed by atoms with Gasteiger partial charge in [0, 0.05) is 5.39 Å². The van der Waals surface area contributed by atoms with Crippen molar-refractivity contribution in [1.29, 1.82) is 0 Å². The first kappa shape index (κ1) is 19.8. The van der Waals surface area contributed by atoms with Gasteiger partial charge in [0.15, 0.2) is 17.6 Å². The molecule has 0 saturated heterocycles. The molecule has 1 N–H and O–H groups in total. The molecule has 1 unspecified atom stereocenters. The van der Waals surface area contributed by atoms with Gasteiger partial charge in [-0.05, 0) is 36.6 Å². The van der Waals surface area contributed by atoms with E-state index in [2.05, 4.69) is 0 Å². The topological polar surface area (TPSA) is 55.8 Å². The first-order chi connectivity index (χ1) is 13.2. The molecule has 0 saturated carbocycles. The molecule has 3 aromatic carbocycles. The van der Waals surface area contributed by atoms with Crippen LogP contribution in [0, 0.1) is 0 Å². The quantitative estimate of drug-likeness (QED) is 0.547. The second-order valence-corrected chi connectivity index (χ2v) is 6.36. The molecule has 4 nitrogen and oxygen atoms in total. The molecule has 8 heteroatoms. The Hall–Kier alpha value is -2.93. The summed E-state index contributed by atoms with van der Waals surface area (Å²) in [6, 6.07) is 13.1. The Morgan fingerprint density at radius 1 is 1.07 bits per heavy atom. The minimum absolute atomic E-state index is 0.0150. The molecule has 1 atom stereocenters. The van der Waals surface area contributed by atoms with E-state index in [4.69, 9.17) is 26.2 Å². The number of ether oxygens (including phenoxy) is 2. The number of carboxylic acids is 1. The van der Waals surface area contributed by atoms with Crippen LogP contribution in [-0.2, 0) is 11.0 Å². The third-order valence-electron chi connectivity index (χ3n) is 3.97. The molecule has 0 amide bonds. The second kappa shape index (κ2) is 7.59. The zero-order valence-electron chi connectivity index (χ0n) is 14.5. The van der Waals surface area contributed by atoms with Gasteiger partial charge in [-0.1, -0.05) is 41.9 Å². The SMILES string of the molecule is CC(Oc1ccc2ccccc2c1Oc1ccc(C(F)(F)F)cc1Cl)C(=O)O. The van der Waals surface area contributed by atoms with Crippen molar-refractivity contribution in [3.63, 3.8) is 0 Å². The molecule has 0 aliphatic carbocycles. The maximum atomic E-state index is 12.8. The van der Waals surface area contributed by atoms with Crippen molar-refractivity contribution in [1.82, 2.24) is 0 Å². The van der Waals surface area contributed by atoms with Crippen molar-refractivity contribution >= 4 is 28.3 Å². The molecule has 3 rings (SSSR count). The van der Waals surface area contributed by atoms with Crippen molar-refractivity contribution in [2.24, 2.45) is 0 Å². The molecule has 146 valence electrons. The Morgan fingerprint density at radius 2 is 1.75 bits per heavy atom. The highest BCUT2D eigenvalue weighted by Gasteiger charge is 2.31. The third-order valence-corrected chi connectivity index (χ3v) is 4.26. The fraction of sp³-hybridized carbons (Fsp3) is 0.150. The second-order valence-electron chi connectivity index (χ2n) is 5.96. The summed E-state index contributed by atoms with van der Waals surface area (Å²) in [4.78, 5) is 11.1. The van der Waals surface area contributed by atoms with Crippen LogP contribution < -0.4 is 9.47 Å². The summed E-state index contributed by atoms with van der Waals surface area (Å²) < 4.78 is 49.8. The van der Waals surface area contributed by atoms with E-state index in [-0.39, 0.29) is 22.3 Å². The molecule has 0 heterocycles. The molecular formula is C20H14ClF3O4. The highest BCUT2D eigenvalue weighted by Crippen LogP contribution is 2.42. The van der Waals surface area contributed by atoms with Crippen LogP contribution in [0.15, 0.2) is 54.6 Å². The largest absolute Gasteiger partial charge is 0.479 e. The maximum absolute atomic E-state index is 12.8. The number of carbonyl (C=O) groups is 1. The van der Waals surface area contributed by atoms with Crippen LogP contribution in [0.4, 0.5) is 13.2 Å². The van der Waals surface area contributed by atoms with Gasteiger partial charge >= 0.3 is 12.1 Å². The first-order valence-corrected chi connectivity index (χ1v) is 8.50. The Kier molecular flexibility index (Phi) is 5.38. The summed E-state index contributed by atoms with van der Waals surface area (Å²) >= 11 is 5.99. The summed E-state index contributed by atoms with van der Waals surface area (Å²) in [5.41, 5.74) is -0.904. The van der Waals surface area contributed by atoms with E-state index in [1.165, 1.54) is 13.0 Å². The minimum Gasteiger partial charge on any atom is -0.479 e. The number of benzene rings is 3. The van der Waals surface area contributed by atoms with Gasteiger partial charge in [0.05, 0.1) is 10.6 Å². The van der Waals surface area contributed by atoms with E-state index < -0.39 is 23.8 Å². The molecule has 0 bridgehead atoms. The highest BCUT2D eigenvalue weighted by atomic mass is 35.5. The Balaban J connectivity index is 2.07. The summed E-state index contributed by atoms with van der Waals surface area (Å²) in [6.45, 7) is 1.35. The van der Waals surface area contributed by atoms with Crippen molar-refractivity contribution in [2.75, 3.05) is 0 Å². The van der Waals surface area contributed by atoms with Crippen LogP contribution in [0.2, 0.25) is 5.02 Å². The third kappa shape index (κ3) is 4.14. The highest BCUT2D eigenvalue weighted by molar-refractivity contribution is 6.32. The number of halogens is 4. The van der Waals surface area contributed by atoms with Gasteiger partial charge in [-0.25, -0.2) is 4.79 Å². The summed E-state index contributed by atoms with van der Waals surface area (Å²) in [7, 11) is 0. The molecule has 28 heavy (non-hydrogen) atoms. The summed E-state index contributed by atoms with van der Waals surface area (Å²) in [6.07, 6.45) is -5.70. The molecule has 0 fully saturated rings. The Morgan fingerprint density at radius 3 is 2.39 bits per heavy atom. The number of carboxylic acid groups (broad SMARTS) is 1. The van der Waals surface area contributed by atoms with Crippen LogP contribution in [0.1, 0.15) is 12.5 Å². The fourth-order valence-electron chi connectivity index (χ4n) is 2.53. The molecule has 0 aromatic heterocycles. The fourth-order valence-corrected chi connectivity index (χ4v) is 2.75. The lowest BCUT2D eigenvalue weighted by atomic mass is 10.1. The Labute approximate surface area is 163 Å². The number of aliphatic carboxylic acids is 1. The average Bonchev–Trinajstić information content (AvgIpc) is 2.63. The van der Waals surface area contributed by atoms with E-state index in [1.807, 2.05) is 0 Å². The minimum atomic E-state index is -4.53. The summed E-state index contributed by atoms with van der Waals surface area (Å²) in [5.74, 6) is -0.900. The predicted molar refractivity (Wildman–Crippen MR) is 98.2 cm³/mol. The number of alkyl halides is 3. The average molecular weight is 411 g/mol. The zero-order chi connectivity index (χ0) is 20.5. The number of fused-ring (bicyclic) bond motifs is 1. The summed E-state index contributed by atoms with van der Waals surface area (Å²) in [5, 5.41) is 10.2. The van der Waals surface area contributed by atoms with Crippen molar-refractivity contribution in [3.05, 3.63) is 65.2 Å². The first-order valence-electron chi connectivity index (χ1n) is 8.12. The van der Waals surface area contributed by atoms with Gasteiger partial charge in [0.1, 0.15) is 5.75 Å². The van der Waals surface area contributed by atoms with Gasteiger partial charge in [-0.15, -0.1) is 0 Å². The van der Waals surface area contributed by atoms with Gasteiger partial charge in [-0.3, -0.25) is 0 Å². The van der Waals surface area contributed by atoms with Crippen LogP contribution in [0.25, 0.3) is 10.8 Å². The lowest BCUT2D eigenvalue weighted by Gasteiger charge is -2.18. The van der Waals surface area contributed by atoms with Crippen LogP contribution in [0.5, 0.6) is 17.2 Å². The number of hydrogen-bond donors (Lipinski definition) is 1. The maximum Gasteiger partial charge on any atom is 0.416 e. The van der Waals surface area contributed by atoms with E-state index in [1.54, 1.807) is 30.3 Å². The molecule has 0 spiro atoms. The Bertz CT molecular complexity index is 1030. The van der Waals surface area contributed by atoms with E-state index in [0.29, 0.717) is 5.39 Å². The van der Waals surface area contributed by atoms with Gasteiger partial charge in [0.25, 0.3) is 0 Å². The normalized spacial score (nSPS) is 12.6. The van der Waals surface area contributed by atoms with Gasteiger partial charge < -0.3 is 14.6 Å². The van der Waals surface area contributed by atoms with Crippen LogP contribution in [-0.4, -0.2) is 17.2 Å². The molecule has 0 aliphatic rings. The number of rotatable bonds is 5. The van der Waals surface area contributed by atoms with Crippen LogP contribution in [0.3, 0.4) is 0 Å². The molecule has 0 aliphatic heterocycles.